The smallest absolute Gasteiger partial charge is 0.418 e. The van der Waals surface area contributed by atoms with E-state index in [1.165, 1.54) is 18.2 Å². The first kappa shape index (κ1) is 16.2. The van der Waals surface area contributed by atoms with Crippen molar-refractivity contribution in [1.82, 2.24) is 0 Å². The van der Waals surface area contributed by atoms with E-state index >= 15 is 0 Å². The third kappa shape index (κ3) is 4.39. The molecule has 7 heteroatoms. The van der Waals surface area contributed by atoms with Gasteiger partial charge >= 0.3 is 6.18 Å². The van der Waals surface area contributed by atoms with Gasteiger partial charge in [0, 0.05) is 5.02 Å². The number of para-hydroxylation sites is 1. The van der Waals surface area contributed by atoms with Crippen molar-refractivity contribution in [3.63, 3.8) is 0 Å². The molecule has 0 aliphatic rings. The van der Waals surface area contributed by atoms with E-state index in [9.17, 15) is 18.0 Å². The zero-order valence-corrected chi connectivity index (χ0v) is 11.9. The van der Waals surface area contributed by atoms with Gasteiger partial charge in [0.15, 0.2) is 6.61 Å². The third-order valence-electron chi connectivity index (χ3n) is 2.69. The summed E-state index contributed by atoms with van der Waals surface area (Å²) in [5.41, 5.74) is -1.21. The van der Waals surface area contributed by atoms with Gasteiger partial charge < -0.3 is 10.1 Å². The van der Waals surface area contributed by atoms with Crippen LogP contribution < -0.4 is 10.1 Å². The van der Waals surface area contributed by atoms with Crippen molar-refractivity contribution >= 4 is 23.2 Å². The van der Waals surface area contributed by atoms with Crippen molar-refractivity contribution < 1.29 is 22.7 Å². The van der Waals surface area contributed by atoms with Crippen LogP contribution in [0.25, 0.3) is 0 Å². The van der Waals surface area contributed by atoms with Gasteiger partial charge in [0.1, 0.15) is 5.75 Å². The summed E-state index contributed by atoms with van der Waals surface area (Å²) in [6.07, 6.45) is -4.54. The number of benzene rings is 2. The van der Waals surface area contributed by atoms with Gasteiger partial charge in [-0.15, -0.1) is 0 Å². The first-order valence-corrected chi connectivity index (χ1v) is 6.58. The van der Waals surface area contributed by atoms with Crippen LogP contribution in [0.3, 0.4) is 0 Å². The summed E-state index contributed by atoms with van der Waals surface area (Å²) >= 11 is 5.70. The quantitative estimate of drug-likeness (QED) is 0.904. The molecule has 1 amide bonds. The molecule has 0 bridgehead atoms. The lowest BCUT2D eigenvalue weighted by Crippen LogP contribution is -2.22. The molecule has 0 aliphatic carbocycles. The van der Waals surface area contributed by atoms with E-state index in [-0.39, 0.29) is 5.69 Å². The molecule has 0 unspecified atom stereocenters. The lowest BCUT2D eigenvalue weighted by molar-refractivity contribution is -0.137. The summed E-state index contributed by atoms with van der Waals surface area (Å²) in [7, 11) is 0. The first-order chi connectivity index (χ1) is 10.4. The SMILES string of the molecule is O=C(COc1ccc(Cl)cc1)Nc1ccccc1C(F)(F)F. The first-order valence-electron chi connectivity index (χ1n) is 6.21. The Balaban J connectivity index is 1.99. The molecule has 0 aromatic heterocycles. The number of anilines is 1. The van der Waals surface area contributed by atoms with Gasteiger partial charge in [0.25, 0.3) is 5.91 Å². The van der Waals surface area contributed by atoms with Crippen molar-refractivity contribution in [3.8, 4) is 5.75 Å². The minimum Gasteiger partial charge on any atom is -0.484 e. The Labute approximate surface area is 129 Å². The van der Waals surface area contributed by atoms with Gasteiger partial charge in [-0.1, -0.05) is 23.7 Å². The molecule has 2 aromatic rings. The average molecular weight is 330 g/mol. The van der Waals surface area contributed by atoms with Crippen LogP contribution in [0.5, 0.6) is 5.75 Å². The molecule has 2 aromatic carbocycles. The van der Waals surface area contributed by atoms with Gasteiger partial charge in [0.2, 0.25) is 0 Å². The molecule has 0 spiro atoms. The Bertz CT molecular complexity index is 657. The zero-order chi connectivity index (χ0) is 16.2. The predicted octanol–water partition coefficient (Wildman–Crippen LogP) is 4.38. The van der Waals surface area contributed by atoms with Crippen LogP contribution in [0, 0.1) is 0 Å². The van der Waals surface area contributed by atoms with E-state index in [1.807, 2.05) is 0 Å². The number of ether oxygens (including phenoxy) is 1. The van der Waals surface area contributed by atoms with Crippen molar-refractivity contribution in [2.75, 3.05) is 11.9 Å². The second-order valence-corrected chi connectivity index (χ2v) is 4.77. The second-order valence-electron chi connectivity index (χ2n) is 4.33. The standard InChI is InChI=1S/C15H11ClF3NO2/c16-10-5-7-11(8-6-10)22-9-14(21)20-13-4-2-1-3-12(13)15(17,18)19/h1-8H,9H2,(H,20,21). The van der Waals surface area contributed by atoms with Crippen LogP contribution in [0.15, 0.2) is 48.5 Å². The normalized spacial score (nSPS) is 11.1. The summed E-state index contributed by atoms with van der Waals surface area (Å²) < 4.78 is 43.5. The summed E-state index contributed by atoms with van der Waals surface area (Å²) in [5, 5.41) is 2.70. The summed E-state index contributed by atoms with van der Waals surface area (Å²) in [6.45, 7) is -0.409. The number of amides is 1. The highest BCUT2D eigenvalue weighted by Crippen LogP contribution is 2.34. The summed E-state index contributed by atoms with van der Waals surface area (Å²) in [6, 6.07) is 11.0. The number of hydrogen-bond donors (Lipinski definition) is 1. The van der Waals surface area contributed by atoms with Crippen LogP contribution in [0.2, 0.25) is 5.02 Å². The molecule has 0 fully saturated rings. The topological polar surface area (TPSA) is 38.3 Å². The molecule has 0 atom stereocenters. The van der Waals surface area contributed by atoms with Crippen LogP contribution in [0.4, 0.5) is 18.9 Å². The van der Waals surface area contributed by atoms with E-state index in [0.717, 1.165) is 6.07 Å². The number of carbonyl (C=O) groups excluding carboxylic acids is 1. The molecule has 0 saturated carbocycles. The fraction of sp³-hybridized carbons (Fsp3) is 0.133. The van der Waals surface area contributed by atoms with Crippen LogP contribution in [-0.4, -0.2) is 12.5 Å². The van der Waals surface area contributed by atoms with Gasteiger partial charge in [-0.25, -0.2) is 0 Å². The van der Waals surface area contributed by atoms with Crippen molar-refractivity contribution in [3.05, 3.63) is 59.1 Å². The molecule has 0 aliphatic heterocycles. The molecule has 0 radical (unpaired) electrons. The van der Waals surface area contributed by atoms with Gasteiger partial charge in [-0.05, 0) is 36.4 Å². The maximum absolute atomic E-state index is 12.8. The number of alkyl halides is 3. The molecule has 0 saturated heterocycles. The van der Waals surface area contributed by atoms with Gasteiger partial charge in [-0.2, -0.15) is 13.2 Å². The molecular weight excluding hydrogens is 319 g/mol. The van der Waals surface area contributed by atoms with Crippen LogP contribution in [0.1, 0.15) is 5.56 Å². The van der Waals surface area contributed by atoms with Gasteiger partial charge in [0.05, 0.1) is 11.3 Å². The number of carbonyl (C=O) groups is 1. The largest absolute Gasteiger partial charge is 0.484 e. The van der Waals surface area contributed by atoms with E-state index in [0.29, 0.717) is 10.8 Å². The lowest BCUT2D eigenvalue weighted by atomic mass is 10.1. The predicted molar refractivity (Wildman–Crippen MR) is 77.0 cm³/mol. The number of halogens is 4. The van der Waals surface area contributed by atoms with Crippen molar-refractivity contribution in [1.29, 1.82) is 0 Å². The molecule has 1 N–H and O–H groups in total. The minimum absolute atomic E-state index is 0.306. The Morgan fingerprint density at radius 1 is 1.09 bits per heavy atom. The van der Waals surface area contributed by atoms with E-state index in [2.05, 4.69) is 5.32 Å². The van der Waals surface area contributed by atoms with Crippen molar-refractivity contribution in [2.45, 2.75) is 6.18 Å². The Morgan fingerprint density at radius 2 is 1.73 bits per heavy atom. The maximum atomic E-state index is 12.8. The Morgan fingerprint density at radius 3 is 2.36 bits per heavy atom. The molecule has 116 valence electrons. The highest BCUT2D eigenvalue weighted by atomic mass is 35.5. The molecule has 0 heterocycles. The number of nitrogens with one attached hydrogen (secondary N) is 1. The van der Waals surface area contributed by atoms with Crippen LogP contribution in [-0.2, 0) is 11.0 Å². The maximum Gasteiger partial charge on any atom is 0.418 e. The third-order valence-corrected chi connectivity index (χ3v) is 2.94. The molecule has 2 rings (SSSR count). The Hall–Kier alpha value is -2.21. The fourth-order valence-electron chi connectivity index (χ4n) is 1.71. The minimum atomic E-state index is -4.54. The van der Waals surface area contributed by atoms with Crippen molar-refractivity contribution in [2.24, 2.45) is 0 Å². The average Bonchev–Trinajstić information content (AvgIpc) is 2.46. The number of rotatable bonds is 4. The summed E-state index contributed by atoms with van der Waals surface area (Å²) in [4.78, 5) is 11.7. The van der Waals surface area contributed by atoms with Crippen LogP contribution >= 0.6 is 11.6 Å². The number of hydrogen-bond acceptors (Lipinski definition) is 2. The molecular formula is C15H11ClF3NO2. The van der Waals surface area contributed by atoms with Gasteiger partial charge in [-0.3, -0.25) is 4.79 Å². The fourth-order valence-corrected chi connectivity index (χ4v) is 1.83. The van der Waals surface area contributed by atoms with E-state index in [4.69, 9.17) is 16.3 Å². The Kier molecular flexibility index (Phi) is 4.92. The summed E-state index contributed by atoms with van der Waals surface area (Å²) in [5.74, 6) is -0.296. The second kappa shape index (κ2) is 6.70. The zero-order valence-electron chi connectivity index (χ0n) is 11.2. The molecule has 3 nitrogen and oxygen atoms in total. The monoisotopic (exact) mass is 329 g/mol. The molecule has 22 heavy (non-hydrogen) atoms. The lowest BCUT2D eigenvalue weighted by Gasteiger charge is -2.13. The highest BCUT2D eigenvalue weighted by Gasteiger charge is 2.33. The highest BCUT2D eigenvalue weighted by molar-refractivity contribution is 6.30. The van der Waals surface area contributed by atoms with E-state index in [1.54, 1.807) is 24.3 Å². The van der Waals surface area contributed by atoms with E-state index < -0.39 is 24.3 Å².